The Morgan fingerprint density at radius 3 is 1.17 bits per heavy atom. The van der Waals surface area contributed by atoms with Crippen LogP contribution in [0, 0.1) is 0 Å². The van der Waals surface area contributed by atoms with E-state index in [-0.39, 0.29) is 6.61 Å². The maximum absolute atomic E-state index is 8.07. The number of halogens is 6. The van der Waals surface area contributed by atoms with Crippen molar-refractivity contribution in [2.24, 2.45) is 0 Å². The average Bonchev–Trinajstić information content (AvgIpc) is 2.39. The lowest BCUT2D eigenvalue weighted by molar-refractivity contribution is 0.102. The molecule has 0 atom stereocenters. The van der Waals surface area contributed by atoms with Crippen LogP contribution in [0.2, 0.25) is 0 Å². The van der Waals surface area contributed by atoms with Crippen LogP contribution in [-0.2, 0) is 4.74 Å². The molecule has 0 bridgehead atoms. The Hall–Kier alpha value is 1.66. The summed E-state index contributed by atoms with van der Waals surface area (Å²) >= 11 is 35.3. The van der Waals surface area contributed by atoms with Gasteiger partial charge in [0, 0.05) is 6.61 Å². The van der Waals surface area contributed by atoms with Crippen LogP contribution in [0.3, 0.4) is 0 Å². The molecule has 0 aromatic heterocycles. The van der Waals surface area contributed by atoms with Crippen LogP contribution in [0.1, 0.15) is 6.92 Å². The van der Waals surface area contributed by atoms with Crippen LogP contribution in [0.4, 0.5) is 0 Å². The van der Waals surface area contributed by atoms with E-state index in [1.165, 1.54) is 0 Å². The highest BCUT2D eigenvalue weighted by molar-refractivity contribution is 6.45. The van der Waals surface area contributed by atoms with E-state index in [2.05, 4.69) is 0 Å². The smallest absolute Gasteiger partial charge is 0.0697 e. The van der Waals surface area contributed by atoms with Gasteiger partial charge in [-0.1, -0.05) is 0 Å². The Morgan fingerprint density at radius 1 is 0.778 bits per heavy atom. The van der Waals surface area contributed by atoms with E-state index >= 15 is 0 Å². The van der Waals surface area contributed by atoms with Crippen LogP contribution >= 0.6 is 69.6 Å². The van der Waals surface area contributed by atoms with Gasteiger partial charge in [-0.2, -0.15) is 0 Å². The predicted octanol–water partition coefficient (Wildman–Crippen LogP) is 3.66. The summed E-state index contributed by atoms with van der Waals surface area (Å²) in [5.74, 6) is 0. The van der Waals surface area contributed by atoms with Crippen molar-refractivity contribution in [1.29, 1.82) is 0 Å². The lowest BCUT2D eigenvalue weighted by Gasteiger charge is -2.37. The van der Waals surface area contributed by atoms with Crippen molar-refractivity contribution in [2.45, 2.75) is 39.2 Å². The van der Waals surface area contributed by atoms with Gasteiger partial charge >= 0.3 is 0 Å². The number of aliphatic hydroxyl groups excluding tert-OH is 1. The molecule has 0 aromatic carbocycles. The highest BCUT2D eigenvalue weighted by Gasteiger charge is 2.46. The first-order valence-electron chi connectivity index (χ1n) is 5.41. The third-order valence-corrected chi connectivity index (χ3v) is 6.30. The van der Waals surface area contributed by atoms with Crippen LogP contribution in [-0.4, -0.2) is 57.2 Å². The number of ether oxygens (including phenoxy) is 1. The zero-order valence-electron chi connectivity index (χ0n) is 9.71. The molecule has 1 fully saturated rings. The molecule has 0 aliphatic heterocycles. The molecule has 0 saturated heterocycles. The van der Waals surface area contributed by atoms with E-state index in [1.54, 1.807) is 0 Å². The predicted molar refractivity (Wildman–Crippen MR) is 81.4 cm³/mol. The van der Waals surface area contributed by atoms with Crippen molar-refractivity contribution in [3.63, 3.8) is 0 Å². The zero-order chi connectivity index (χ0) is 14.3. The summed E-state index contributed by atoms with van der Waals surface area (Å²) in [4.78, 5) is 0. The highest BCUT2D eigenvalue weighted by atomic mass is 35.5. The van der Waals surface area contributed by atoms with Crippen molar-refractivity contribution in [3.8, 4) is 0 Å². The molecule has 1 rings (SSSR count). The van der Waals surface area contributed by atoms with Crippen LogP contribution < -0.4 is 0 Å². The molecule has 1 aliphatic carbocycles. The second-order valence-electron chi connectivity index (χ2n) is 3.59. The van der Waals surface area contributed by atoms with Crippen molar-refractivity contribution in [1.82, 2.24) is 0 Å². The van der Waals surface area contributed by atoms with E-state index < -0.39 is 32.3 Å². The van der Waals surface area contributed by atoms with Gasteiger partial charge in [0.1, 0.15) is 0 Å². The minimum Gasteiger partial charge on any atom is -0.394 e. The highest BCUT2D eigenvalue weighted by Crippen LogP contribution is 2.39. The van der Waals surface area contributed by atoms with Gasteiger partial charge in [-0.25, -0.2) is 0 Å². The van der Waals surface area contributed by atoms with Crippen molar-refractivity contribution < 1.29 is 9.84 Å². The van der Waals surface area contributed by atoms with E-state index in [4.69, 9.17) is 79.4 Å². The summed E-state index contributed by atoms with van der Waals surface area (Å²) in [5, 5.41) is 5.45. The monoisotopic (exact) mass is 378 g/mol. The molecular formula is C10H16Cl6O2. The Kier molecular flexibility index (Phi) is 11.4. The van der Waals surface area contributed by atoms with Gasteiger partial charge in [0.2, 0.25) is 0 Å². The number of aliphatic hydroxyl groups is 1. The molecule has 8 heteroatoms. The largest absolute Gasteiger partial charge is 0.394 e. The number of hydrogen-bond acceptors (Lipinski definition) is 2. The Balaban J connectivity index is 0.000000411. The molecule has 110 valence electrons. The van der Waals surface area contributed by atoms with Gasteiger partial charge < -0.3 is 9.84 Å². The third kappa shape index (κ3) is 5.97. The Bertz CT molecular complexity index is 158. The lowest BCUT2D eigenvalue weighted by Crippen LogP contribution is -2.52. The second-order valence-corrected chi connectivity index (χ2v) is 6.61. The fourth-order valence-corrected chi connectivity index (χ4v) is 3.59. The van der Waals surface area contributed by atoms with E-state index in [1.807, 2.05) is 6.92 Å². The van der Waals surface area contributed by atoms with Gasteiger partial charge in [0.15, 0.2) is 0 Å². The quantitative estimate of drug-likeness (QED) is 0.598. The fourth-order valence-electron chi connectivity index (χ4n) is 1.26. The summed E-state index contributed by atoms with van der Waals surface area (Å²) in [6.07, 6.45) is 0. The van der Waals surface area contributed by atoms with E-state index in [9.17, 15) is 0 Å². The summed E-state index contributed by atoms with van der Waals surface area (Å²) < 4.78 is 4.73. The Labute approximate surface area is 138 Å². The first-order valence-corrected chi connectivity index (χ1v) is 8.03. The molecule has 1 N–H and O–H groups in total. The normalized spacial score (nSPS) is 40.0. The molecule has 0 spiro atoms. The molecule has 2 nitrogen and oxygen atoms in total. The van der Waals surface area contributed by atoms with E-state index in [0.29, 0.717) is 13.2 Å². The second kappa shape index (κ2) is 10.4. The summed E-state index contributed by atoms with van der Waals surface area (Å²) in [5.41, 5.74) is 0. The van der Waals surface area contributed by atoms with Gasteiger partial charge in [-0.05, 0) is 6.92 Å². The van der Waals surface area contributed by atoms with Crippen molar-refractivity contribution in [3.05, 3.63) is 0 Å². The SMILES string of the molecule is CCOCCO.Cl[C@H]1[C@H](Cl)[C@@H](Cl)[C@@H](Cl)[C@H](Cl)[C@H]1Cl. The topological polar surface area (TPSA) is 29.5 Å². The van der Waals surface area contributed by atoms with Gasteiger partial charge in [0.25, 0.3) is 0 Å². The Morgan fingerprint density at radius 2 is 1.06 bits per heavy atom. The molecule has 18 heavy (non-hydrogen) atoms. The summed E-state index contributed by atoms with van der Waals surface area (Å²) in [6.45, 7) is 3.20. The minimum absolute atomic E-state index is 0.133. The molecule has 0 heterocycles. The standard InChI is InChI=1S/C6H6Cl6.C4H10O2/c7-1-2(8)4(10)6(12)5(11)3(1)9;1-2-6-4-3-5/h1-6H;5H,2-4H2,1H3/t1-,2-,3-,4+,5+,6+;. The zero-order valence-corrected chi connectivity index (χ0v) is 14.2. The van der Waals surface area contributed by atoms with Gasteiger partial charge in [-0.3, -0.25) is 0 Å². The minimum atomic E-state index is -0.437. The van der Waals surface area contributed by atoms with Crippen molar-refractivity contribution in [2.75, 3.05) is 19.8 Å². The molecule has 0 amide bonds. The summed E-state index contributed by atoms with van der Waals surface area (Å²) in [6, 6.07) is 0. The summed E-state index contributed by atoms with van der Waals surface area (Å²) in [7, 11) is 0. The average molecular weight is 381 g/mol. The molecule has 1 aliphatic rings. The van der Waals surface area contributed by atoms with E-state index in [0.717, 1.165) is 0 Å². The number of hydrogen-bond donors (Lipinski definition) is 1. The molecule has 1 saturated carbocycles. The van der Waals surface area contributed by atoms with Crippen LogP contribution in [0.15, 0.2) is 0 Å². The fraction of sp³-hybridized carbons (Fsp3) is 1.00. The van der Waals surface area contributed by atoms with Crippen LogP contribution in [0.5, 0.6) is 0 Å². The lowest BCUT2D eigenvalue weighted by atomic mass is 9.97. The maximum Gasteiger partial charge on any atom is 0.0697 e. The van der Waals surface area contributed by atoms with Gasteiger partial charge in [-0.15, -0.1) is 69.6 Å². The molecule has 0 radical (unpaired) electrons. The third-order valence-electron chi connectivity index (χ3n) is 2.27. The molecular weight excluding hydrogens is 365 g/mol. The van der Waals surface area contributed by atoms with Gasteiger partial charge in [0.05, 0.1) is 45.5 Å². The maximum atomic E-state index is 8.07. The van der Waals surface area contributed by atoms with Crippen molar-refractivity contribution >= 4 is 69.6 Å². The van der Waals surface area contributed by atoms with Crippen LogP contribution in [0.25, 0.3) is 0 Å². The number of alkyl halides is 6. The molecule has 0 aromatic rings. The first-order chi connectivity index (χ1) is 8.38. The first kappa shape index (κ1) is 19.7. The number of rotatable bonds is 3. The molecule has 0 unspecified atom stereocenters.